The monoisotopic (exact) mass is 512 g/mol. The van der Waals surface area contributed by atoms with Crippen LogP contribution in [0.25, 0.3) is 16.7 Å². The van der Waals surface area contributed by atoms with Crippen molar-refractivity contribution < 1.29 is 17.9 Å². The number of piperidine rings is 1. The Balaban J connectivity index is 1.44. The predicted octanol–water partition coefficient (Wildman–Crippen LogP) is 4.20. The third-order valence-electron chi connectivity index (χ3n) is 6.68. The van der Waals surface area contributed by atoms with Crippen LogP contribution in [0.4, 0.5) is 13.2 Å². The van der Waals surface area contributed by atoms with Gasteiger partial charge in [-0.25, -0.2) is 14.6 Å². The lowest BCUT2D eigenvalue weighted by Crippen LogP contribution is -2.36. The number of nitrogens with one attached hydrogen (secondary N) is 1. The van der Waals surface area contributed by atoms with Crippen LogP contribution >= 0.6 is 0 Å². The number of benzene rings is 1. The van der Waals surface area contributed by atoms with Crippen molar-refractivity contribution in [3.05, 3.63) is 75.2 Å². The summed E-state index contributed by atoms with van der Waals surface area (Å²) in [5.41, 5.74) is 1.29. The minimum absolute atomic E-state index is 0.135. The van der Waals surface area contributed by atoms with Crippen LogP contribution in [0.1, 0.15) is 41.1 Å². The van der Waals surface area contributed by atoms with E-state index in [2.05, 4.69) is 25.0 Å². The van der Waals surface area contributed by atoms with Crippen molar-refractivity contribution in [2.24, 2.45) is 0 Å². The molecule has 1 aromatic carbocycles. The molecule has 0 aliphatic carbocycles. The zero-order valence-electron chi connectivity index (χ0n) is 20.8. The van der Waals surface area contributed by atoms with Gasteiger partial charge in [0.05, 0.1) is 22.2 Å². The van der Waals surface area contributed by atoms with E-state index in [-0.39, 0.29) is 29.2 Å². The van der Waals surface area contributed by atoms with E-state index >= 15 is 0 Å². The topological polar surface area (TPSA) is 88.9 Å². The van der Waals surface area contributed by atoms with Gasteiger partial charge in [-0.1, -0.05) is 6.07 Å². The summed E-state index contributed by atoms with van der Waals surface area (Å²) in [7, 11) is 1.97. The lowest BCUT2D eigenvalue weighted by molar-refractivity contribution is -0.139. The fourth-order valence-electron chi connectivity index (χ4n) is 4.41. The second-order valence-electron chi connectivity index (χ2n) is 9.54. The van der Waals surface area contributed by atoms with Gasteiger partial charge in [0.1, 0.15) is 17.7 Å². The Morgan fingerprint density at radius 2 is 1.92 bits per heavy atom. The smallest absolute Gasteiger partial charge is 0.419 e. The number of pyridine rings is 1. The molecule has 4 aromatic rings. The molecule has 3 aromatic heterocycles. The normalized spacial score (nSPS) is 15.4. The number of nitrogens with zero attached hydrogens (tertiary/aromatic N) is 5. The Bertz CT molecular complexity index is 1470. The van der Waals surface area contributed by atoms with E-state index in [1.165, 1.54) is 6.07 Å². The van der Waals surface area contributed by atoms with E-state index in [0.717, 1.165) is 36.0 Å². The predicted molar refractivity (Wildman–Crippen MR) is 132 cm³/mol. The maximum Gasteiger partial charge on any atom is 0.419 e. The highest BCUT2D eigenvalue weighted by Gasteiger charge is 2.36. The number of halogens is 3. The number of alkyl halides is 3. The maximum absolute atomic E-state index is 13.8. The van der Waals surface area contributed by atoms with Crippen LogP contribution in [0.3, 0.4) is 0 Å². The molecular formula is C26H27F3N6O2. The number of aromatic nitrogens is 5. The molecule has 194 valence electrons. The van der Waals surface area contributed by atoms with Crippen molar-refractivity contribution in [3.63, 3.8) is 0 Å². The van der Waals surface area contributed by atoms with Crippen molar-refractivity contribution >= 4 is 10.9 Å². The first-order valence-electron chi connectivity index (χ1n) is 12.0. The molecule has 37 heavy (non-hydrogen) atoms. The molecular weight excluding hydrogens is 485 g/mol. The maximum atomic E-state index is 13.8. The van der Waals surface area contributed by atoms with Gasteiger partial charge >= 0.3 is 6.18 Å². The average molecular weight is 513 g/mol. The third-order valence-corrected chi connectivity index (χ3v) is 6.68. The van der Waals surface area contributed by atoms with Crippen molar-refractivity contribution in [1.82, 2.24) is 29.6 Å². The summed E-state index contributed by atoms with van der Waals surface area (Å²) in [6.45, 7) is 5.38. The van der Waals surface area contributed by atoms with Crippen molar-refractivity contribution in [2.45, 2.75) is 45.4 Å². The van der Waals surface area contributed by atoms with Crippen LogP contribution in [-0.4, -0.2) is 55.9 Å². The largest absolute Gasteiger partial charge is 0.490 e. The molecule has 0 amide bonds. The molecule has 1 fully saturated rings. The van der Waals surface area contributed by atoms with Gasteiger partial charge in [-0.05, 0) is 57.0 Å². The van der Waals surface area contributed by atoms with Gasteiger partial charge in [-0.2, -0.15) is 18.3 Å². The summed E-state index contributed by atoms with van der Waals surface area (Å²) in [6.07, 6.45) is 0.0540. The SMILES string of the molecule is Cc1cn(-c2ccc(Cc3nc4cc(OC5CCN(C)CC5)c(C(F)(F)F)cc4c(=O)[nH]3)cn2)nc1C. The fourth-order valence-corrected chi connectivity index (χ4v) is 4.41. The molecule has 0 unspecified atom stereocenters. The molecule has 0 atom stereocenters. The molecule has 1 aliphatic heterocycles. The van der Waals surface area contributed by atoms with E-state index in [4.69, 9.17) is 4.74 Å². The summed E-state index contributed by atoms with van der Waals surface area (Å²) in [5.74, 6) is 0.674. The number of likely N-dealkylation sites (tertiary alicyclic amines) is 1. The van der Waals surface area contributed by atoms with E-state index < -0.39 is 17.3 Å². The number of aryl methyl sites for hydroxylation is 2. The number of fused-ring (bicyclic) bond motifs is 1. The summed E-state index contributed by atoms with van der Waals surface area (Å²) < 4.78 is 49.0. The lowest BCUT2D eigenvalue weighted by atomic mass is 10.1. The molecule has 0 radical (unpaired) electrons. The zero-order chi connectivity index (χ0) is 26.3. The third kappa shape index (κ3) is 5.36. The Morgan fingerprint density at radius 3 is 2.54 bits per heavy atom. The number of aromatic amines is 1. The van der Waals surface area contributed by atoms with Gasteiger partial charge < -0.3 is 14.6 Å². The Morgan fingerprint density at radius 1 is 1.16 bits per heavy atom. The number of hydrogen-bond donors (Lipinski definition) is 1. The second-order valence-corrected chi connectivity index (χ2v) is 9.54. The number of hydrogen-bond acceptors (Lipinski definition) is 6. The zero-order valence-corrected chi connectivity index (χ0v) is 20.8. The minimum Gasteiger partial charge on any atom is -0.490 e. The molecule has 0 bridgehead atoms. The molecule has 1 saturated heterocycles. The summed E-state index contributed by atoms with van der Waals surface area (Å²) >= 11 is 0. The van der Waals surface area contributed by atoms with E-state index in [0.29, 0.717) is 24.5 Å². The van der Waals surface area contributed by atoms with Crippen molar-refractivity contribution in [2.75, 3.05) is 20.1 Å². The van der Waals surface area contributed by atoms with Gasteiger partial charge in [-0.3, -0.25) is 4.79 Å². The molecule has 11 heteroatoms. The quantitative estimate of drug-likeness (QED) is 0.431. The number of H-pyrrole nitrogens is 1. The van der Waals surface area contributed by atoms with E-state index in [9.17, 15) is 18.0 Å². The van der Waals surface area contributed by atoms with Crippen LogP contribution in [0.5, 0.6) is 5.75 Å². The van der Waals surface area contributed by atoms with Gasteiger partial charge in [0.25, 0.3) is 5.56 Å². The van der Waals surface area contributed by atoms with Crippen LogP contribution in [0, 0.1) is 13.8 Å². The fraction of sp³-hybridized carbons (Fsp3) is 0.385. The first kappa shape index (κ1) is 24.9. The standard InChI is InChI=1S/C26H27F3N6O2/c1-15-14-35(33-16(15)2)24-5-4-17(13-30-24)10-23-31-21-12-22(37-18-6-8-34(3)9-7-18)20(26(27,28)29)11-19(21)25(36)32-23/h4-5,11-14,18H,6-10H2,1-3H3,(H,31,32,36). The summed E-state index contributed by atoms with van der Waals surface area (Å²) in [4.78, 5) is 26.4. The van der Waals surface area contributed by atoms with Gasteiger partial charge in [0.2, 0.25) is 0 Å². The van der Waals surface area contributed by atoms with Gasteiger partial charge in [0.15, 0.2) is 5.82 Å². The molecule has 0 spiro atoms. The van der Waals surface area contributed by atoms with Gasteiger partial charge in [0, 0.05) is 38.0 Å². The highest BCUT2D eigenvalue weighted by Crippen LogP contribution is 2.39. The van der Waals surface area contributed by atoms with Crippen LogP contribution in [0.2, 0.25) is 0 Å². The highest BCUT2D eigenvalue weighted by atomic mass is 19.4. The van der Waals surface area contributed by atoms with E-state index in [1.807, 2.05) is 39.2 Å². The number of rotatable bonds is 5. The Labute approximate surface area is 211 Å². The molecule has 4 heterocycles. The molecule has 1 aliphatic rings. The van der Waals surface area contributed by atoms with Crippen molar-refractivity contribution in [3.8, 4) is 11.6 Å². The van der Waals surface area contributed by atoms with Crippen LogP contribution in [-0.2, 0) is 12.6 Å². The first-order valence-corrected chi connectivity index (χ1v) is 12.0. The van der Waals surface area contributed by atoms with Gasteiger partial charge in [-0.15, -0.1) is 0 Å². The Kier molecular flexibility index (Phi) is 6.49. The minimum atomic E-state index is -4.67. The summed E-state index contributed by atoms with van der Waals surface area (Å²) in [5, 5.41) is 4.28. The lowest BCUT2D eigenvalue weighted by Gasteiger charge is -2.30. The summed E-state index contributed by atoms with van der Waals surface area (Å²) in [6, 6.07) is 5.72. The molecule has 8 nitrogen and oxygen atoms in total. The average Bonchev–Trinajstić information content (AvgIpc) is 3.18. The van der Waals surface area contributed by atoms with E-state index in [1.54, 1.807) is 10.9 Å². The highest BCUT2D eigenvalue weighted by molar-refractivity contribution is 5.80. The Hall–Kier alpha value is -3.73. The van der Waals surface area contributed by atoms with Crippen molar-refractivity contribution in [1.29, 1.82) is 0 Å². The molecule has 1 N–H and O–H groups in total. The molecule has 0 saturated carbocycles. The van der Waals surface area contributed by atoms with Crippen LogP contribution in [0.15, 0.2) is 41.5 Å². The molecule has 5 rings (SSSR count). The second kappa shape index (κ2) is 9.62. The first-order chi connectivity index (χ1) is 17.6. The van der Waals surface area contributed by atoms with Crippen LogP contribution < -0.4 is 10.3 Å². The number of ether oxygens (including phenoxy) is 1.